The summed E-state index contributed by atoms with van der Waals surface area (Å²) in [4.78, 5) is 38.4. The van der Waals surface area contributed by atoms with Crippen molar-refractivity contribution in [2.75, 3.05) is 13.2 Å². The van der Waals surface area contributed by atoms with Crippen molar-refractivity contribution in [1.82, 2.24) is 0 Å². The molecule has 6 heteroatoms. The number of ether oxygens (including phenoxy) is 3. The topological polar surface area (TPSA) is 78.9 Å². The summed E-state index contributed by atoms with van der Waals surface area (Å²) in [6, 6.07) is 0. The van der Waals surface area contributed by atoms with Crippen LogP contribution in [-0.4, -0.2) is 37.2 Å². The van der Waals surface area contributed by atoms with E-state index >= 15 is 0 Å². The fourth-order valence-corrected chi connectivity index (χ4v) is 8.52. The lowest BCUT2D eigenvalue weighted by Gasteiger charge is -2.18. The number of allylic oxidation sites excluding steroid dienone is 30. The maximum Gasteiger partial charge on any atom is 0.306 e. The van der Waals surface area contributed by atoms with E-state index in [-0.39, 0.29) is 37.5 Å². The van der Waals surface area contributed by atoms with Gasteiger partial charge in [0.25, 0.3) is 0 Å². The normalized spacial score (nSPS) is 13.3. The second-order valence-electron chi connectivity index (χ2n) is 21.2. The number of unbranched alkanes of at least 4 members (excludes halogenated alkanes) is 17. The lowest BCUT2D eigenvalue weighted by Crippen LogP contribution is -2.30. The minimum Gasteiger partial charge on any atom is -0.462 e. The van der Waals surface area contributed by atoms with Crippen molar-refractivity contribution >= 4 is 17.9 Å². The molecule has 0 radical (unpaired) electrons. The Morgan fingerprint density at radius 1 is 0.241 bits per heavy atom. The van der Waals surface area contributed by atoms with E-state index in [0.717, 1.165) is 167 Å². The Hall–Kier alpha value is -5.49. The van der Waals surface area contributed by atoms with Crippen molar-refractivity contribution in [2.45, 2.75) is 271 Å². The van der Waals surface area contributed by atoms with E-state index in [1.807, 2.05) is 0 Å². The minimum absolute atomic E-state index is 0.113. The number of esters is 3. The second-order valence-corrected chi connectivity index (χ2v) is 21.2. The molecule has 0 N–H and O–H groups in total. The SMILES string of the molecule is CC/C=C\C/C=C\C/C=C\C/C=C\C/C=C\C/C=C\CCCCC(=O)OC(COC(=O)CCCCCCC/C=C\C/C=C\C/C=C\C/C=C\C/C=C\CC)COC(=O)CCCCCCCCCCCC/C=C\C/C=C\C/C=C\C/C=C\CC. The summed E-state index contributed by atoms with van der Waals surface area (Å²) in [6.07, 6.45) is 103. The van der Waals surface area contributed by atoms with Crippen molar-refractivity contribution in [3.8, 4) is 0 Å². The van der Waals surface area contributed by atoms with Gasteiger partial charge in [0.05, 0.1) is 0 Å². The Balaban J connectivity index is 4.54. The van der Waals surface area contributed by atoms with E-state index in [2.05, 4.69) is 203 Å². The van der Waals surface area contributed by atoms with Gasteiger partial charge in [0, 0.05) is 19.3 Å². The van der Waals surface area contributed by atoms with Gasteiger partial charge in [-0.15, -0.1) is 0 Å². The summed E-state index contributed by atoms with van der Waals surface area (Å²) in [5, 5.41) is 0. The molecule has 0 spiro atoms. The fraction of sp³-hybridized carbons (Fsp3) is 0.571. The van der Waals surface area contributed by atoms with Crippen LogP contribution in [0.3, 0.4) is 0 Å². The highest BCUT2D eigenvalue weighted by atomic mass is 16.6. The lowest BCUT2D eigenvalue weighted by atomic mass is 10.1. The molecular weight excluding hydrogens is 1020 g/mol. The van der Waals surface area contributed by atoms with Gasteiger partial charge in [0.2, 0.25) is 0 Å². The van der Waals surface area contributed by atoms with Crippen molar-refractivity contribution in [3.05, 3.63) is 182 Å². The summed E-state index contributed by atoms with van der Waals surface area (Å²) < 4.78 is 16.9. The van der Waals surface area contributed by atoms with Crippen molar-refractivity contribution in [2.24, 2.45) is 0 Å². The molecule has 0 aromatic carbocycles. The van der Waals surface area contributed by atoms with Crippen LogP contribution in [0.15, 0.2) is 182 Å². The summed E-state index contributed by atoms with van der Waals surface area (Å²) in [5.74, 6) is -0.984. The number of carbonyl (C=O) groups excluding carboxylic acids is 3. The zero-order chi connectivity index (χ0) is 59.9. The molecule has 0 aromatic rings. The third kappa shape index (κ3) is 67.2. The van der Waals surface area contributed by atoms with Crippen LogP contribution in [0.1, 0.15) is 265 Å². The third-order valence-electron chi connectivity index (χ3n) is 13.4. The molecule has 0 bridgehead atoms. The predicted molar refractivity (Wildman–Crippen MR) is 361 cm³/mol. The molecule has 0 aliphatic carbocycles. The van der Waals surface area contributed by atoms with Gasteiger partial charge >= 0.3 is 17.9 Å². The zero-order valence-corrected chi connectivity index (χ0v) is 53.1. The molecule has 6 nitrogen and oxygen atoms in total. The fourth-order valence-electron chi connectivity index (χ4n) is 8.52. The molecule has 0 rings (SSSR count). The number of hydrogen-bond acceptors (Lipinski definition) is 6. The van der Waals surface area contributed by atoms with Crippen LogP contribution in [0.2, 0.25) is 0 Å². The highest BCUT2D eigenvalue weighted by Gasteiger charge is 2.19. The van der Waals surface area contributed by atoms with E-state index in [1.54, 1.807) is 0 Å². The Bertz CT molecular complexity index is 1940. The molecule has 83 heavy (non-hydrogen) atoms. The number of rotatable bonds is 58. The van der Waals surface area contributed by atoms with E-state index in [1.165, 1.54) is 51.4 Å². The summed E-state index contributed by atoms with van der Waals surface area (Å²) >= 11 is 0. The molecular formula is C77H120O6. The summed E-state index contributed by atoms with van der Waals surface area (Å²) in [6.45, 7) is 6.24. The smallest absolute Gasteiger partial charge is 0.306 e. The quantitative estimate of drug-likeness (QED) is 0.0261. The zero-order valence-electron chi connectivity index (χ0n) is 53.1. The van der Waals surface area contributed by atoms with Gasteiger partial charge in [-0.1, -0.05) is 274 Å². The van der Waals surface area contributed by atoms with Gasteiger partial charge in [-0.05, 0) is 154 Å². The third-order valence-corrected chi connectivity index (χ3v) is 13.4. The molecule has 1 atom stereocenters. The van der Waals surface area contributed by atoms with Gasteiger partial charge < -0.3 is 14.2 Å². The molecule has 0 fully saturated rings. The standard InChI is InChI=1S/C77H120O6/c1-4-7-10-13-16-19-22-25-28-31-34-37-38-41-43-46-49-52-55-58-61-64-67-70-76(79)82-73-74(83-77(80)71-68-65-62-59-56-53-50-47-44-40-36-33-30-27-24-21-18-15-12-9-6-3)72-81-75(78)69-66-63-60-57-54-51-48-45-42-39-35-32-29-26-23-20-17-14-11-8-5-2/h7-12,16-21,25-30,34-37,39-40,45,47-48,50,56,59,74H,4-6,13-15,22-24,31-33,38,41-44,46,49,51-55,57-58,60-73H2,1-3H3/b10-7-,11-8-,12-9-,19-16-,20-17-,21-18-,28-25-,29-26-,30-27-,37-34-,39-35-,40-36-,48-45-,50-47-,59-56-. The largest absolute Gasteiger partial charge is 0.462 e. The van der Waals surface area contributed by atoms with Gasteiger partial charge in [-0.25, -0.2) is 0 Å². The van der Waals surface area contributed by atoms with Crippen LogP contribution in [0.4, 0.5) is 0 Å². The molecule has 0 heterocycles. The van der Waals surface area contributed by atoms with Gasteiger partial charge in [0.1, 0.15) is 13.2 Å². The molecule has 0 aromatic heterocycles. The monoisotopic (exact) mass is 1140 g/mol. The van der Waals surface area contributed by atoms with Crippen LogP contribution in [0, 0.1) is 0 Å². The number of hydrogen-bond donors (Lipinski definition) is 0. The Kier molecular flexibility index (Phi) is 64.4. The highest BCUT2D eigenvalue weighted by Crippen LogP contribution is 2.14. The van der Waals surface area contributed by atoms with E-state index in [4.69, 9.17) is 14.2 Å². The van der Waals surface area contributed by atoms with Crippen LogP contribution in [0.5, 0.6) is 0 Å². The van der Waals surface area contributed by atoms with Crippen LogP contribution in [-0.2, 0) is 28.6 Å². The maximum atomic E-state index is 12.9. The molecule has 0 saturated carbocycles. The number of carbonyl (C=O) groups is 3. The Morgan fingerprint density at radius 3 is 0.699 bits per heavy atom. The van der Waals surface area contributed by atoms with Crippen LogP contribution < -0.4 is 0 Å². The summed E-state index contributed by atoms with van der Waals surface area (Å²) in [5.41, 5.74) is 0. The van der Waals surface area contributed by atoms with Crippen molar-refractivity contribution < 1.29 is 28.6 Å². The molecule has 1 unspecified atom stereocenters. The molecule has 0 aliphatic heterocycles. The Morgan fingerprint density at radius 2 is 0.434 bits per heavy atom. The van der Waals surface area contributed by atoms with Crippen LogP contribution in [0.25, 0.3) is 0 Å². The minimum atomic E-state index is -0.825. The van der Waals surface area contributed by atoms with E-state index in [0.29, 0.717) is 19.3 Å². The first-order valence-corrected chi connectivity index (χ1v) is 33.3. The van der Waals surface area contributed by atoms with E-state index in [9.17, 15) is 14.4 Å². The van der Waals surface area contributed by atoms with E-state index < -0.39 is 6.10 Å². The first-order valence-electron chi connectivity index (χ1n) is 33.3. The predicted octanol–water partition coefficient (Wildman–Crippen LogP) is 23.2. The average molecular weight is 1140 g/mol. The lowest BCUT2D eigenvalue weighted by molar-refractivity contribution is -0.167. The van der Waals surface area contributed by atoms with Gasteiger partial charge in [0.15, 0.2) is 6.10 Å². The van der Waals surface area contributed by atoms with Crippen molar-refractivity contribution in [1.29, 1.82) is 0 Å². The maximum absolute atomic E-state index is 12.9. The highest BCUT2D eigenvalue weighted by molar-refractivity contribution is 5.71. The Labute approximate surface area is 510 Å². The molecule has 0 amide bonds. The first-order chi connectivity index (χ1) is 41.0. The molecule has 0 aliphatic rings. The molecule has 464 valence electrons. The second kappa shape index (κ2) is 69.0. The van der Waals surface area contributed by atoms with Gasteiger partial charge in [-0.2, -0.15) is 0 Å². The average Bonchev–Trinajstić information content (AvgIpc) is 3.49. The van der Waals surface area contributed by atoms with Crippen LogP contribution >= 0.6 is 0 Å². The van der Waals surface area contributed by atoms with Crippen molar-refractivity contribution in [3.63, 3.8) is 0 Å². The van der Waals surface area contributed by atoms with Gasteiger partial charge in [-0.3, -0.25) is 14.4 Å². The molecule has 0 saturated heterocycles. The first kappa shape index (κ1) is 77.5. The summed E-state index contributed by atoms with van der Waals surface area (Å²) in [7, 11) is 0.